The molecule has 2 atom stereocenters. The van der Waals surface area contributed by atoms with Crippen LogP contribution in [0.25, 0.3) is 0 Å². The van der Waals surface area contributed by atoms with E-state index in [9.17, 15) is 8.42 Å². The van der Waals surface area contributed by atoms with Crippen LogP contribution in [-0.2, 0) is 14.8 Å². The van der Waals surface area contributed by atoms with Crippen molar-refractivity contribution in [3.05, 3.63) is 0 Å². The minimum atomic E-state index is -3.17. The number of hydrogen-bond donors (Lipinski definition) is 2. The molecule has 2 aliphatic carbocycles. The summed E-state index contributed by atoms with van der Waals surface area (Å²) >= 11 is 0. The molecule has 112 valence electrons. The predicted octanol–water partition coefficient (Wildman–Crippen LogP) is 0.861. The van der Waals surface area contributed by atoms with Crippen molar-refractivity contribution in [3.8, 4) is 0 Å². The molecule has 0 aromatic rings. The first-order chi connectivity index (χ1) is 8.85. The highest BCUT2D eigenvalue weighted by Gasteiger charge is 2.49. The van der Waals surface area contributed by atoms with Crippen LogP contribution in [0.5, 0.6) is 0 Å². The summed E-state index contributed by atoms with van der Waals surface area (Å²) in [6.07, 6.45) is 4.06. The Morgan fingerprint density at radius 3 is 2.53 bits per heavy atom. The van der Waals surface area contributed by atoms with Gasteiger partial charge in [-0.25, -0.2) is 13.1 Å². The number of nitrogens with one attached hydrogen (secondary N) is 2. The van der Waals surface area contributed by atoms with Gasteiger partial charge in [0.1, 0.15) is 0 Å². The van der Waals surface area contributed by atoms with Crippen molar-refractivity contribution in [2.75, 3.05) is 19.4 Å². The van der Waals surface area contributed by atoms with Crippen molar-refractivity contribution < 1.29 is 13.2 Å². The SMILES string of the molecule is COC1CC(NS(=O)(=O)CCCNC2CC2)C1(C)C. The first-order valence-corrected chi connectivity index (χ1v) is 8.76. The smallest absolute Gasteiger partial charge is 0.211 e. The number of hydrogen-bond acceptors (Lipinski definition) is 4. The Bertz CT molecular complexity index is 404. The van der Waals surface area contributed by atoms with E-state index in [0.29, 0.717) is 12.5 Å². The fourth-order valence-electron chi connectivity index (χ4n) is 2.62. The first kappa shape index (κ1) is 15.2. The van der Waals surface area contributed by atoms with E-state index in [2.05, 4.69) is 10.0 Å². The maximum atomic E-state index is 12.0. The quantitative estimate of drug-likeness (QED) is 0.651. The van der Waals surface area contributed by atoms with Gasteiger partial charge in [-0.2, -0.15) is 0 Å². The number of methoxy groups -OCH3 is 1. The van der Waals surface area contributed by atoms with E-state index in [4.69, 9.17) is 4.74 Å². The molecular weight excluding hydrogens is 264 g/mol. The topological polar surface area (TPSA) is 67.4 Å². The van der Waals surface area contributed by atoms with E-state index in [1.54, 1.807) is 7.11 Å². The van der Waals surface area contributed by atoms with Crippen molar-refractivity contribution >= 4 is 10.0 Å². The summed E-state index contributed by atoms with van der Waals surface area (Å²) < 4.78 is 32.1. The van der Waals surface area contributed by atoms with Crippen LogP contribution in [0.1, 0.15) is 39.5 Å². The molecule has 0 saturated heterocycles. The van der Waals surface area contributed by atoms with Gasteiger partial charge in [-0.05, 0) is 32.2 Å². The second kappa shape index (κ2) is 5.68. The zero-order chi connectivity index (χ0) is 14.1. The lowest BCUT2D eigenvalue weighted by Gasteiger charge is -2.51. The number of sulfonamides is 1. The lowest BCUT2D eigenvalue weighted by molar-refractivity contribution is -0.0908. The van der Waals surface area contributed by atoms with Crippen molar-refractivity contribution in [1.29, 1.82) is 0 Å². The minimum Gasteiger partial charge on any atom is -0.381 e. The molecule has 0 bridgehead atoms. The molecule has 0 aromatic heterocycles. The maximum absolute atomic E-state index is 12.0. The minimum absolute atomic E-state index is 0.00107. The number of ether oxygens (including phenoxy) is 1. The molecule has 2 N–H and O–H groups in total. The number of rotatable bonds is 8. The summed E-state index contributed by atoms with van der Waals surface area (Å²) in [5, 5.41) is 3.33. The normalized spacial score (nSPS) is 30.1. The van der Waals surface area contributed by atoms with Gasteiger partial charge >= 0.3 is 0 Å². The third-order valence-corrected chi connectivity index (χ3v) is 5.85. The van der Waals surface area contributed by atoms with Gasteiger partial charge in [-0.15, -0.1) is 0 Å². The largest absolute Gasteiger partial charge is 0.381 e. The Hall–Kier alpha value is -0.170. The van der Waals surface area contributed by atoms with Crippen molar-refractivity contribution in [2.24, 2.45) is 5.41 Å². The van der Waals surface area contributed by atoms with Gasteiger partial charge in [0.2, 0.25) is 10.0 Å². The molecule has 2 saturated carbocycles. The third-order valence-electron chi connectivity index (χ3n) is 4.38. The maximum Gasteiger partial charge on any atom is 0.211 e. The van der Waals surface area contributed by atoms with Gasteiger partial charge in [-0.3, -0.25) is 0 Å². The highest BCUT2D eigenvalue weighted by molar-refractivity contribution is 7.89. The molecule has 2 aliphatic rings. The van der Waals surface area contributed by atoms with Crippen molar-refractivity contribution in [2.45, 2.75) is 57.7 Å². The van der Waals surface area contributed by atoms with Crippen LogP contribution in [0.15, 0.2) is 0 Å². The Morgan fingerprint density at radius 1 is 1.32 bits per heavy atom. The van der Waals surface area contributed by atoms with Crippen LogP contribution in [0.2, 0.25) is 0 Å². The van der Waals surface area contributed by atoms with Gasteiger partial charge in [0, 0.05) is 24.6 Å². The van der Waals surface area contributed by atoms with E-state index in [1.165, 1.54) is 12.8 Å². The second-order valence-corrected chi connectivity index (χ2v) is 8.23. The van der Waals surface area contributed by atoms with Crippen LogP contribution in [-0.4, -0.2) is 46.0 Å². The summed E-state index contributed by atoms with van der Waals surface area (Å²) in [7, 11) is -1.49. The molecule has 0 radical (unpaired) electrons. The average molecular weight is 290 g/mol. The molecule has 2 rings (SSSR count). The Morgan fingerprint density at radius 2 is 2.00 bits per heavy atom. The Balaban J connectivity index is 1.71. The average Bonchev–Trinajstić information content (AvgIpc) is 3.14. The molecule has 2 unspecified atom stereocenters. The fraction of sp³-hybridized carbons (Fsp3) is 1.00. The molecule has 5 nitrogen and oxygen atoms in total. The Kier molecular flexibility index (Phi) is 4.55. The highest BCUT2D eigenvalue weighted by atomic mass is 32.2. The van der Waals surface area contributed by atoms with E-state index in [-0.39, 0.29) is 23.3 Å². The molecule has 0 aliphatic heterocycles. The molecule has 19 heavy (non-hydrogen) atoms. The predicted molar refractivity (Wildman–Crippen MR) is 75.5 cm³/mol. The lowest BCUT2D eigenvalue weighted by Crippen LogP contribution is -2.61. The van der Waals surface area contributed by atoms with Crippen molar-refractivity contribution in [3.63, 3.8) is 0 Å². The third kappa shape index (κ3) is 3.90. The Labute approximate surface area is 116 Å². The molecule has 2 fully saturated rings. The molecular formula is C13H26N2O3S. The monoisotopic (exact) mass is 290 g/mol. The standard InChI is InChI=1S/C13H26N2O3S/c1-13(2)11(9-12(13)18-3)15-19(16,17)8-4-7-14-10-5-6-10/h10-12,14-15H,4-9H2,1-3H3. The zero-order valence-electron chi connectivity index (χ0n) is 12.1. The van der Waals surface area contributed by atoms with Crippen LogP contribution in [0, 0.1) is 5.41 Å². The lowest BCUT2D eigenvalue weighted by atomic mass is 9.65. The molecule has 0 heterocycles. The summed E-state index contributed by atoms with van der Waals surface area (Å²) in [5.74, 6) is 0.205. The summed E-state index contributed by atoms with van der Waals surface area (Å²) in [5.41, 5.74) is -0.117. The van der Waals surface area contributed by atoms with E-state index in [1.807, 2.05) is 13.8 Å². The molecule has 6 heteroatoms. The van der Waals surface area contributed by atoms with Gasteiger partial charge in [0.15, 0.2) is 0 Å². The van der Waals surface area contributed by atoms with Crippen LogP contribution < -0.4 is 10.0 Å². The van der Waals surface area contributed by atoms with Gasteiger partial charge in [-0.1, -0.05) is 13.8 Å². The van der Waals surface area contributed by atoms with Crippen LogP contribution in [0.4, 0.5) is 0 Å². The molecule has 0 amide bonds. The summed E-state index contributed by atoms with van der Waals surface area (Å²) in [6, 6.07) is 0.641. The van der Waals surface area contributed by atoms with Gasteiger partial charge in [0.05, 0.1) is 11.9 Å². The highest BCUT2D eigenvalue weighted by Crippen LogP contribution is 2.42. The van der Waals surface area contributed by atoms with Crippen molar-refractivity contribution in [1.82, 2.24) is 10.0 Å². The van der Waals surface area contributed by atoms with Gasteiger partial charge in [0.25, 0.3) is 0 Å². The fourth-order valence-corrected chi connectivity index (χ4v) is 4.09. The summed E-state index contributed by atoms with van der Waals surface area (Å²) in [4.78, 5) is 0. The second-order valence-electron chi connectivity index (χ2n) is 6.35. The first-order valence-electron chi connectivity index (χ1n) is 7.11. The molecule has 0 spiro atoms. The zero-order valence-corrected chi connectivity index (χ0v) is 12.9. The van der Waals surface area contributed by atoms with E-state index in [0.717, 1.165) is 13.0 Å². The van der Waals surface area contributed by atoms with Gasteiger partial charge < -0.3 is 10.1 Å². The van der Waals surface area contributed by atoms with Crippen LogP contribution >= 0.6 is 0 Å². The van der Waals surface area contributed by atoms with E-state index < -0.39 is 10.0 Å². The van der Waals surface area contributed by atoms with Crippen LogP contribution in [0.3, 0.4) is 0 Å². The van der Waals surface area contributed by atoms with E-state index >= 15 is 0 Å². The summed E-state index contributed by atoms with van der Waals surface area (Å²) in [6.45, 7) is 4.89. The molecule has 0 aromatic carbocycles.